The number of ether oxygens (including phenoxy) is 1. The predicted octanol–water partition coefficient (Wildman–Crippen LogP) is 4.86. The van der Waals surface area contributed by atoms with Gasteiger partial charge in [-0.1, -0.05) is 22.5 Å². The van der Waals surface area contributed by atoms with Crippen molar-refractivity contribution in [3.05, 3.63) is 12.2 Å². The van der Waals surface area contributed by atoms with Gasteiger partial charge in [0.05, 0.1) is 0 Å². The molecule has 2 saturated carbocycles. The minimum Gasteiger partial charge on any atom is -0.459 e. The number of rotatable bonds is 4. The molecule has 2 rings (SSSR count). The fourth-order valence-corrected chi connectivity index (χ4v) is 5.13. The fraction of sp³-hybridized carbons (Fsp3) is 0.812. The molecule has 0 aromatic heterocycles. The van der Waals surface area contributed by atoms with Crippen molar-refractivity contribution in [2.45, 2.75) is 79.7 Å². The zero-order valence-electron chi connectivity index (χ0n) is 12.3. The zero-order valence-corrected chi connectivity index (χ0v) is 14.7. The van der Waals surface area contributed by atoms with Crippen LogP contribution in [0.1, 0.15) is 58.3 Å². The molecule has 0 amide bonds. The Morgan fingerprint density at radius 3 is 2.05 bits per heavy atom. The second-order valence-corrected chi connectivity index (χ2v) is 8.99. The summed E-state index contributed by atoms with van der Waals surface area (Å²) in [5.41, 5.74) is 0.507. The molecule has 0 bridgehead atoms. The van der Waals surface area contributed by atoms with E-state index < -0.39 is 0 Å². The maximum atomic E-state index is 11.5. The van der Waals surface area contributed by atoms with Crippen LogP contribution in [-0.2, 0) is 9.53 Å². The molecule has 0 saturated heterocycles. The molecular formula is C16H25BrO2S. The molecule has 2 aliphatic rings. The summed E-state index contributed by atoms with van der Waals surface area (Å²) in [6, 6.07) is 0. The second-order valence-electron chi connectivity index (χ2n) is 6.09. The number of halogens is 1. The topological polar surface area (TPSA) is 26.3 Å². The minimum atomic E-state index is -0.225. The van der Waals surface area contributed by atoms with E-state index in [-0.39, 0.29) is 12.1 Å². The number of esters is 1. The second kappa shape index (κ2) is 7.88. The van der Waals surface area contributed by atoms with Gasteiger partial charge in [-0.05, 0) is 58.3 Å². The molecule has 0 atom stereocenters. The molecule has 2 nitrogen and oxygen atoms in total. The standard InChI is InChI=1S/C16H25BrO2S/c1-11(2)16(18)19-13-5-9-15(10-6-13)20-14-7-3-12(17)4-8-14/h12-15H,1,3-10H2,2H3. The van der Waals surface area contributed by atoms with Gasteiger partial charge in [-0.15, -0.1) is 0 Å². The van der Waals surface area contributed by atoms with Gasteiger partial charge >= 0.3 is 5.97 Å². The molecule has 0 aromatic carbocycles. The summed E-state index contributed by atoms with van der Waals surface area (Å²) in [5.74, 6) is -0.225. The first kappa shape index (κ1) is 16.4. The van der Waals surface area contributed by atoms with Crippen LogP contribution in [0.4, 0.5) is 0 Å². The highest BCUT2D eigenvalue weighted by Gasteiger charge is 2.28. The van der Waals surface area contributed by atoms with Crippen molar-refractivity contribution in [3.8, 4) is 0 Å². The van der Waals surface area contributed by atoms with Gasteiger partial charge in [-0.3, -0.25) is 0 Å². The first-order valence-electron chi connectivity index (χ1n) is 7.70. The Labute approximate surface area is 135 Å². The Hall–Kier alpha value is 0.0400. The normalized spacial score (nSPS) is 34.5. The van der Waals surface area contributed by atoms with Gasteiger partial charge in [-0.25, -0.2) is 4.79 Å². The van der Waals surface area contributed by atoms with Gasteiger partial charge in [0.1, 0.15) is 6.10 Å². The van der Waals surface area contributed by atoms with E-state index in [4.69, 9.17) is 4.74 Å². The quantitative estimate of drug-likeness (QED) is 0.407. The summed E-state index contributed by atoms with van der Waals surface area (Å²) < 4.78 is 5.45. The van der Waals surface area contributed by atoms with Crippen LogP contribution in [0.25, 0.3) is 0 Å². The number of alkyl halides is 1. The molecular weight excluding hydrogens is 336 g/mol. The maximum Gasteiger partial charge on any atom is 0.333 e. The molecule has 0 radical (unpaired) electrons. The van der Waals surface area contributed by atoms with Crippen molar-refractivity contribution < 1.29 is 9.53 Å². The van der Waals surface area contributed by atoms with Crippen LogP contribution in [0.3, 0.4) is 0 Å². The third kappa shape index (κ3) is 5.10. The first-order valence-corrected chi connectivity index (χ1v) is 9.56. The third-order valence-electron chi connectivity index (χ3n) is 4.23. The van der Waals surface area contributed by atoms with Crippen LogP contribution in [0.2, 0.25) is 0 Å². The number of carbonyl (C=O) groups is 1. The SMILES string of the molecule is C=C(C)C(=O)OC1CCC(SC2CCC(Br)CC2)CC1. The van der Waals surface area contributed by atoms with Gasteiger partial charge in [-0.2, -0.15) is 11.8 Å². The molecule has 4 heteroatoms. The predicted molar refractivity (Wildman–Crippen MR) is 89.5 cm³/mol. The van der Waals surface area contributed by atoms with E-state index in [0.29, 0.717) is 5.57 Å². The Morgan fingerprint density at radius 1 is 1.05 bits per heavy atom. The molecule has 20 heavy (non-hydrogen) atoms. The van der Waals surface area contributed by atoms with Gasteiger partial charge in [0, 0.05) is 20.9 Å². The first-order chi connectivity index (χ1) is 9.54. The van der Waals surface area contributed by atoms with Crippen LogP contribution in [-0.4, -0.2) is 27.4 Å². The van der Waals surface area contributed by atoms with Gasteiger partial charge in [0.15, 0.2) is 0 Å². The highest BCUT2D eigenvalue weighted by atomic mass is 79.9. The van der Waals surface area contributed by atoms with E-state index in [1.165, 1.54) is 38.5 Å². The fourth-order valence-electron chi connectivity index (χ4n) is 2.97. The summed E-state index contributed by atoms with van der Waals surface area (Å²) in [6.45, 7) is 5.35. The highest BCUT2D eigenvalue weighted by Crippen LogP contribution is 2.38. The summed E-state index contributed by atoms with van der Waals surface area (Å²) in [4.78, 5) is 12.3. The largest absolute Gasteiger partial charge is 0.459 e. The molecule has 0 unspecified atom stereocenters. The van der Waals surface area contributed by atoms with Crippen molar-refractivity contribution in [2.24, 2.45) is 0 Å². The number of hydrogen-bond donors (Lipinski definition) is 0. The molecule has 0 aliphatic heterocycles. The lowest BCUT2D eigenvalue weighted by atomic mass is 9.97. The van der Waals surface area contributed by atoms with Gasteiger partial charge in [0.25, 0.3) is 0 Å². The van der Waals surface area contributed by atoms with Crippen LogP contribution >= 0.6 is 27.7 Å². The number of carbonyl (C=O) groups excluding carboxylic acids is 1. The van der Waals surface area contributed by atoms with E-state index in [1.54, 1.807) is 6.92 Å². The van der Waals surface area contributed by atoms with Crippen LogP contribution in [0.5, 0.6) is 0 Å². The number of thioether (sulfide) groups is 1. The third-order valence-corrected chi connectivity index (χ3v) is 6.86. The zero-order chi connectivity index (χ0) is 14.5. The summed E-state index contributed by atoms with van der Waals surface area (Å²) in [6.07, 6.45) is 9.88. The number of hydrogen-bond acceptors (Lipinski definition) is 3. The Bertz CT molecular complexity index is 342. The molecule has 114 valence electrons. The van der Waals surface area contributed by atoms with E-state index in [2.05, 4.69) is 34.3 Å². The lowest BCUT2D eigenvalue weighted by Gasteiger charge is -2.32. The average molecular weight is 361 g/mol. The average Bonchev–Trinajstić information content (AvgIpc) is 2.43. The highest BCUT2D eigenvalue weighted by molar-refractivity contribution is 9.09. The summed E-state index contributed by atoms with van der Waals surface area (Å²) in [7, 11) is 0. The molecule has 0 heterocycles. The Morgan fingerprint density at radius 2 is 1.55 bits per heavy atom. The molecule has 2 aliphatic carbocycles. The van der Waals surface area contributed by atoms with Crippen LogP contribution < -0.4 is 0 Å². The van der Waals surface area contributed by atoms with E-state index in [0.717, 1.165) is 28.2 Å². The van der Waals surface area contributed by atoms with Crippen molar-refractivity contribution >= 4 is 33.7 Å². The van der Waals surface area contributed by atoms with Crippen molar-refractivity contribution in [1.29, 1.82) is 0 Å². The lowest BCUT2D eigenvalue weighted by Crippen LogP contribution is -2.27. The molecule has 0 N–H and O–H groups in total. The van der Waals surface area contributed by atoms with Crippen LogP contribution in [0.15, 0.2) is 12.2 Å². The van der Waals surface area contributed by atoms with E-state index in [9.17, 15) is 4.79 Å². The monoisotopic (exact) mass is 360 g/mol. The van der Waals surface area contributed by atoms with E-state index in [1.807, 2.05) is 0 Å². The lowest BCUT2D eigenvalue weighted by molar-refractivity contribution is -0.145. The minimum absolute atomic E-state index is 0.120. The molecule has 0 aromatic rings. The summed E-state index contributed by atoms with van der Waals surface area (Å²) >= 11 is 5.91. The molecule has 0 spiro atoms. The van der Waals surface area contributed by atoms with Crippen molar-refractivity contribution in [1.82, 2.24) is 0 Å². The maximum absolute atomic E-state index is 11.5. The molecule has 2 fully saturated rings. The summed E-state index contributed by atoms with van der Waals surface area (Å²) in [5, 5.41) is 1.62. The van der Waals surface area contributed by atoms with Crippen molar-refractivity contribution in [2.75, 3.05) is 0 Å². The van der Waals surface area contributed by atoms with Gasteiger partial charge in [0.2, 0.25) is 0 Å². The van der Waals surface area contributed by atoms with E-state index >= 15 is 0 Å². The van der Waals surface area contributed by atoms with Crippen LogP contribution in [0, 0.1) is 0 Å². The Balaban J connectivity index is 1.66. The van der Waals surface area contributed by atoms with Gasteiger partial charge < -0.3 is 4.74 Å². The van der Waals surface area contributed by atoms with Crippen molar-refractivity contribution in [3.63, 3.8) is 0 Å². The smallest absolute Gasteiger partial charge is 0.333 e. The Kier molecular flexibility index (Phi) is 6.47.